The first-order valence-corrected chi connectivity index (χ1v) is 11.2. The summed E-state index contributed by atoms with van der Waals surface area (Å²) in [5, 5.41) is 16.8. The van der Waals surface area contributed by atoms with Crippen molar-refractivity contribution in [1.29, 1.82) is 5.41 Å². The van der Waals surface area contributed by atoms with Gasteiger partial charge in [0.25, 0.3) is 0 Å². The summed E-state index contributed by atoms with van der Waals surface area (Å²) in [6.07, 6.45) is -0.0256. The number of rotatable bonds is 9. The van der Waals surface area contributed by atoms with E-state index in [4.69, 9.17) is 15.9 Å². The Bertz CT molecular complexity index is 1260. The third-order valence-corrected chi connectivity index (χ3v) is 6.14. The third kappa shape index (κ3) is 6.25. The largest absolute Gasteiger partial charge is 0.480 e. The molecule has 9 nitrogen and oxygen atoms in total. The van der Waals surface area contributed by atoms with Crippen LogP contribution in [0.3, 0.4) is 0 Å². The fourth-order valence-electron chi connectivity index (χ4n) is 2.92. The zero-order valence-electron chi connectivity index (χ0n) is 17.3. The van der Waals surface area contributed by atoms with Crippen molar-refractivity contribution in [1.82, 2.24) is 4.72 Å². The first-order chi connectivity index (χ1) is 15.7. The molecule has 3 rings (SSSR count). The normalized spacial score (nSPS) is 12.0. The lowest BCUT2D eigenvalue weighted by molar-refractivity contribution is -0.138. The minimum atomic E-state index is -4.15. The van der Waals surface area contributed by atoms with Gasteiger partial charge in [0.1, 0.15) is 17.6 Å². The fourth-order valence-corrected chi connectivity index (χ4v) is 4.11. The quantitative estimate of drug-likeness (QED) is 0.162. The van der Waals surface area contributed by atoms with Crippen LogP contribution >= 0.6 is 0 Å². The topological polar surface area (TPSA) is 160 Å². The molecule has 1 atom stereocenters. The number of nitrogen functional groups attached to an aromatic ring is 1. The fraction of sp³-hybridized carbons (Fsp3) is 0.0870. The van der Waals surface area contributed by atoms with Gasteiger partial charge in [-0.25, -0.2) is 13.2 Å². The van der Waals surface area contributed by atoms with Crippen molar-refractivity contribution in [3.8, 4) is 5.75 Å². The Hall–Kier alpha value is -4.02. The van der Waals surface area contributed by atoms with Gasteiger partial charge in [-0.1, -0.05) is 30.3 Å². The Balaban J connectivity index is 1.70. The van der Waals surface area contributed by atoms with Gasteiger partial charge in [0, 0.05) is 5.56 Å². The van der Waals surface area contributed by atoms with Crippen LogP contribution in [0.4, 0.5) is 0 Å². The number of carboxylic acid groups (broad SMARTS) is 1. The second kappa shape index (κ2) is 10.1. The summed E-state index contributed by atoms with van der Waals surface area (Å²) in [5.74, 6) is -1.91. The smallest absolute Gasteiger partial charge is 0.343 e. The van der Waals surface area contributed by atoms with Gasteiger partial charge in [-0.3, -0.25) is 10.2 Å². The number of carboxylic acids is 1. The van der Waals surface area contributed by atoms with Crippen molar-refractivity contribution in [3.05, 3.63) is 95.6 Å². The number of nitrogens with two attached hydrogens (primary N) is 1. The minimum Gasteiger partial charge on any atom is -0.480 e. The third-order valence-electron chi connectivity index (χ3n) is 4.65. The van der Waals surface area contributed by atoms with E-state index >= 15 is 0 Å². The Morgan fingerprint density at radius 3 is 2.06 bits per heavy atom. The molecule has 170 valence electrons. The predicted molar refractivity (Wildman–Crippen MR) is 121 cm³/mol. The van der Waals surface area contributed by atoms with Crippen LogP contribution in [-0.2, 0) is 21.2 Å². The van der Waals surface area contributed by atoms with E-state index in [2.05, 4.69) is 4.72 Å². The molecule has 0 aromatic heterocycles. The van der Waals surface area contributed by atoms with Crippen LogP contribution < -0.4 is 15.2 Å². The molecule has 0 radical (unpaired) electrons. The molecule has 3 aromatic rings. The Morgan fingerprint density at radius 1 is 0.939 bits per heavy atom. The van der Waals surface area contributed by atoms with Crippen molar-refractivity contribution >= 4 is 27.8 Å². The molecule has 0 unspecified atom stereocenters. The van der Waals surface area contributed by atoms with Crippen LogP contribution in [0, 0.1) is 5.41 Å². The highest BCUT2D eigenvalue weighted by Gasteiger charge is 2.26. The number of sulfonamides is 1. The number of ether oxygens (including phenoxy) is 1. The number of carbonyl (C=O) groups is 2. The number of aliphatic carboxylic acids is 1. The van der Waals surface area contributed by atoms with Gasteiger partial charge >= 0.3 is 11.9 Å². The predicted octanol–water partition coefficient (Wildman–Crippen LogP) is 2.16. The number of carbonyl (C=O) groups excluding carboxylic acids is 1. The minimum absolute atomic E-state index is 0.0256. The van der Waals surface area contributed by atoms with E-state index in [1.807, 2.05) is 0 Å². The first kappa shape index (κ1) is 23.6. The summed E-state index contributed by atoms with van der Waals surface area (Å²) in [7, 11) is -4.15. The zero-order valence-corrected chi connectivity index (χ0v) is 18.1. The number of benzene rings is 3. The van der Waals surface area contributed by atoms with Gasteiger partial charge in [0.2, 0.25) is 10.0 Å². The molecular weight excluding hydrogens is 446 g/mol. The molecule has 0 aliphatic heterocycles. The van der Waals surface area contributed by atoms with E-state index in [-0.39, 0.29) is 28.5 Å². The summed E-state index contributed by atoms with van der Waals surface area (Å²) in [4.78, 5) is 23.7. The molecule has 0 spiro atoms. The lowest BCUT2D eigenvalue weighted by Gasteiger charge is -2.15. The van der Waals surface area contributed by atoms with Crippen LogP contribution in [0.1, 0.15) is 21.5 Å². The molecule has 5 N–H and O–H groups in total. The van der Waals surface area contributed by atoms with Crippen molar-refractivity contribution < 1.29 is 27.9 Å². The lowest BCUT2D eigenvalue weighted by Crippen LogP contribution is -2.42. The molecule has 0 aliphatic carbocycles. The maximum Gasteiger partial charge on any atom is 0.343 e. The molecular formula is C23H21N3O6S. The Morgan fingerprint density at radius 2 is 1.52 bits per heavy atom. The maximum absolute atomic E-state index is 12.7. The van der Waals surface area contributed by atoms with E-state index in [9.17, 15) is 23.1 Å². The molecule has 33 heavy (non-hydrogen) atoms. The van der Waals surface area contributed by atoms with Crippen LogP contribution in [0.2, 0.25) is 0 Å². The second-order valence-corrected chi connectivity index (χ2v) is 8.77. The molecule has 0 bridgehead atoms. The molecule has 0 amide bonds. The molecule has 0 fully saturated rings. The van der Waals surface area contributed by atoms with E-state index in [1.54, 1.807) is 30.3 Å². The highest BCUT2D eigenvalue weighted by atomic mass is 32.2. The summed E-state index contributed by atoms with van der Waals surface area (Å²) >= 11 is 0. The first-order valence-electron chi connectivity index (χ1n) is 9.71. The molecule has 0 saturated carbocycles. The van der Waals surface area contributed by atoms with E-state index in [1.165, 1.54) is 48.5 Å². The Kier molecular flexibility index (Phi) is 7.21. The number of amidine groups is 1. The van der Waals surface area contributed by atoms with Gasteiger partial charge in [-0.2, -0.15) is 4.72 Å². The van der Waals surface area contributed by atoms with Gasteiger partial charge in [0.15, 0.2) is 0 Å². The molecule has 0 heterocycles. The summed E-state index contributed by atoms with van der Waals surface area (Å²) in [6.45, 7) is 0. The second-order valence-electron chi connectivity index (χ2n) is 7.05. The number of hydrogen-bond donors (Lipinski definition) is 4. The van der Waals surface area contributed by atoms with Crippen LogP contribution in [0.15, 0.2) is 83.8 Å². The molecule has 10 heteroatoms. The van der Waals surface area contributed by atoms with Gasteiger partial charge < -0.3 is 15.6 Å². The van der Waals surface area contributed by atoms with Gasteiger partial charge in [-0.15, -0.1) is 0 Å². The summed E-state index contributed by atoms with van der Waals surface area (Å²) in [6, 6.07) is 18.2. The lowest BCUT2D eigenvalue weighted by atomic mass is 10.1. The average molecular weight is 468 g/mol. The maximum atomic E-state index is 12.7. The molecule has 0 saturated heterocycles. The number of hydrogen-bond acceptors (Lipinski definition) is 6. The highest BCUT2D eigenvalue weighted by molar-refractivity contribution is 7.89. The zero-order chi connectivity index (χ0) is 24.0. The Labute approximate surface area is 190 Å². The van der Waals surface area contributed by atoms with E-state index < -0.39 is 28.0 Å². The van der Waals surface area contributed by atoms with Crippen molar-refractivity contribution in [2.45, 2.75) is 17.4 Å². The SMILES string of the molecule is N=C(N)c1ccc(OC(=O)c2ccc(S(=O)(=O)N[C@H](Cc3ccccc3)C(=O)O)cc2)cc1. The standard InChI is InChI=1S/C23H21N3O6S/c24-21(25)16-6-10-18(11-7-16)32-23(29)17-8-12-19(13-9-17)33(30,31)26-20(22(27)28)14-15-4-2-1-3-5-15/h1-13,20,26H,14H2,(H3,24,25)(H,27,28)/t20-/m1/s1. The molecule has 0 aliphatic rings. The summed E-state index contributed by atoms with van der Waals surface area (Å²) < 4.78 is 32.8. The van der Waals surface area contributed by atoms with Gasteiger partial charge in [-0.05, 0) is 60.5 Å². The molecule has 3 aromatic carbocycles. The van der Waals surface area contributed by atoms with Crippen LogP contribution in [-0.4, -0.2) is 37.3 Å². The van der Waals surface area contributed by atoms with Crippen molar-refractivity contribution in [3.63, 3.8) is 0 Å². The van der Waals surface area contributed by atoms with Crippen molar-refractivity contribution in [2.75, 3.05) is 0 Å². The average Bonchev–Trinajstić information content (AvgIpc) is 2.79. The van der Waals surface area contributed by atoms with Crippen LogP contribution in [0.25, 0.3) is 0 Å². The number of esters is 1. The monoisotopic (exact) mass is 467 g/mol. The van der Waals surface area contributed by atoms with E-state index in [0.29, 0.717) is 11.1 Å². The van der Waals surface area contributed by atoms with E-state index in [0.717, 1.165) is 0 Å². The van der Waals surface area contributed by atoms with Crippen molar-refractivity contribution in [2.24, 2.45) is 5.73 Å². The van der Waals surface area contributed by atoms with Crippen LogP contribution in [0.5, 0.6) is 5.75 Å². The highest BCUT2D eigenvalue weighted by Crippen LogP contribution is 2.17. The number of nitrogens with one attached hydrogen (secondary N) is 2. The summed E-state index contributed by atoms with van der Waals surface area (Å²) in [5.41, 5.74) is 6.62. The van der Waals surface area contributed by atoms with Gasteiger partial charge in [0.05, 0.1) is 10.5 Å².